The van der Waals surface area contributed by atoms with Crippen LogP contribution in [0.15, 0.2) is 22.7 Å². The Kier molecular flexibility index (Phi) is 2.90. The monoisotopic (exact) mass is 298 g/mol. The lowest BCUT2D eigenvalue weighted by Gasteiger charge is -2.41. The van der Waals surface area contributed by atoms with Crippen LogP contribution in [0.1, 0.15) is 18.0 Å². The molecule has 0 aliphatic carbocycles. The number of nitrogens with one attached hydrogen (secondary N) is 1. The molecule has 2 aliphatic rings. The summed E-state index contributed by atoms with van der Waals surface area (Å²) in [5.41, 5.74) is 8.87. The van der Waals surface area contributed by atoms with Crippen molar-refractivity contribution in [2.75, 3.05) is 16.8 Å². The van der Waals surface area contributed by atoms with Crippen LogP contribution in [-0.2, 0) is 0 Å². The zero-order valence-corrected chi connectivity index (χ0v) is 11.4. The number of nitrogens with two attached hydrogens (primary N) is 1. The number of thioether (sulfide) groups is 1. The number of hydrogen-bond donors (Lipinski definition) is 2. The molecule has 0 spiro atoms. The molecule has 2 aliphatic heterocycles. The summed E-state index contributed by atoms with van der Waals surface area (Å²) < 4.78 is 1.12. The smallest absolute Gasteiger partial charge is 0.0402 e. The topological polar surface area (TPSA) is 38.0 Å². The highest BCUT2D eigenvalue weighted by atomic mass is 79.9. The first-order valence-corrected chi connectivity index (χ1v) is 7.60. The van der Waals surface area contributed by atoms with Gasteiger partial charge in [-0.05, 0) is 35.6 Å². The maximum Gasteiger partial charge on any atom is 0.0402 e. The van der Waals surface area contributed by atoms with Gasteiger partial charge in [-0.2, -0.15) is 11.8 Å². The fraction of sp³-hybridized carbons (Fsp3) is 0.500. The first kappa shape index (κ1) is 10.9. The highest BCUT2D eigenvalue weighted by Crippen LogP contribution is 2.41. The van der Waals surface area contributed by atoms with Gasteiger partial charge in [-0.25, -0.2) is 0 Å². The summed E-state index contributed by atoms with van der Waals surface area (Å²) in [4.78, 5) is 0. The maximum atomic E-state index is 6.38. The molecule has 0 saturated carbocycles. The molecule has 0 radical (unpaired) electrons. The summed E-state index contributed by atoms with van der Waals surface area (Å²) in [7, 11) is 0. The van der Waals surface area contributed by atoms with E-state index >= 15 is 0 Å². The lowest BCUT2D eigenvalue weighted by molar-refractivity contribution is 0.382. The fourth-order valence-corrected chi connectivity index (χ4v) is 4.33. The van der Waals surface area contributed by atoms with E-state index in [1.165, 1.54) is 29.2 Å². The number of hydrogen-bond acceptors (Lipinski definition) is 3. The predicted octanol–water partition coefficient (Wildman–Crippen LogP) is 3.00. The number of anilines is 1. The highest BCUT2D eigenvalue weighted by Gasteiger charge is 2.36. The van der Waals surface area contributed by atoms with Crippen molar-refractivity contribution in [2.45, 2.75) is 18.5 Å². The van der Waals surface area contributed by atoms with Gasteiger partial charge in [-0.1, -0.05) is 22.0 Å². The molecule has 2 heterocycles. The van der Waals surface area contributed by atoms with Gasteiger partial charge in [0.15, 0.2) is 0 Å². The van der Waals surface area contributed by atoms with Crippen molar-refractivity contribution < 1.29 is 0 Å². The van der Waals surface area contributed by atoms with E-state index in [1.807, 2.05) is 11.8 Å². The van der Waals surface area contributed by atoms with Crippen LogP contribution >= 0.6 is 27.7 Å². The van der Waals surface area contributed by atoms with Crippen LogP contribution in [0.25, 0.3) is 0 Å². The molecule has 1 aromatic carbocycles. The number of halogens is 1. The van der Waals surface area contributed by atoms with E-state index in [9.17, 15) is 0 Å². The molecule has 0 bridgehead atoms. The standard InChI is InChI=1S/C12H15BrN2S/c13-7-1-2-8-11(5-7)15-10-3-4-16-6-9(10)12(8)14/h1-2,5,9-10,12,15H,3-4,6,14H2. The largest absolute Gasteiger partial charge is 0.382 e. The number of fused-ring (bicyclic) bond motifs is 2. The van der Waals surface area contributed by atoms with Crippen molar-refractivity contribution in [1.82, 2.24) is 0 Å². The van der Waals surface area contributed by atoms with E-state index < -0.39 is 0 Å². The van der Waals surface area contributed by atoms with Crippen LogP contribution in [0.2, 0.25) is 0 Å². The SMILES string of the molecule is NC1c2ccc(Br)cc2NC2CCSCC21. The van der Waals surface area contributed by atoms with E-state index in [0.717, 1.165) is 4.47 Å². The minimum absolute atomic E-state index is 0.196. The van der Waals surface area contributed by atoms with Gasteiger partial charge in [0.25, 0.3) is 0 Å². The summed E-state index contributed by atoms with van der Waals surface area (Å²) in [6.07, 6.45) is 1.23. The van der Waals surface area contributed by atoms with Gasteiger partial charge in [-0.15, -0.1) is 0 Å². The average molecular weight is 299 g/mol. The Morgan fingerprint density at radius 1 is 1.44 bits per heavy atom. The quantitative estimate of drug-likeness (QED) is 0.773. The van der Waals surface area contributed by atoms with Crippen LogP contribution in [0.5, 0.6) is 0 Å². The molecule has 3 rings (SSSR count). The van der Waals surface area contributed by atoms with Gasteiger partial charge in [-0.3, -0.25) is 0 Å². The van der Waals surface area contributed by atoms with E-state index in [4.69, 9.17) is 5.73 Å². The molecule has 0 amide bonds. The van der Waals surface area contributed by atoms with Crippen molar-refractivity contribution in [3.8, 4) is 0 Å². The van der Waals surface area contributed by atoms with E-state index in [2.05, 4.69) is 39.4 Å². The van der Waals surface area contributed by atoms with Crippen molar-refractivity contribution >= 4 is 33.4 Å². The summed E-state index contributed by atoms with van der Waals surface area (Å²) >= 11 is 5.55. The van der Waals surface area contributed by atoms with Crippen molar-refractivity contribution in [1.29, 1.82) is 0 Å². The minimum atomic E-state index is 0.196. The van der Waals surface area contributed by atoms with Gasteiger partial charge in [0.1, 0.15) is 0 Å². The highest BCUT2D eigenvalue weighted by molar-refractivity contribution is 9.10. The van der Waals surface area contributed by atoms with Gasteiger partial charge in [0.05, 0.1) is 0 Å². The molecular weight excluding hydrogens is 284 g/mol. The van der Waals surface area contributed by atoms with Crippen LogP contribution in [0.4, 0.5) is 5.69 Å². The Hall–Kier alpha value is -0.190. The van der Waals surface area contributed by atoms with Gasteiger partial charge >= 0.3 is 0 Å². The second-order valence-electron chi connectivity index (χ2n) is 4.54. The number of benzene rings is 1. The second-order valence-corrected chi connectivity index (χ2v) is 6.60. The molecule has 1 saturated heterocycles. The summed E-state index contributed by atoms with van der Waals surface area (Å²) in [5, 5.41) is 3.65. The van der Waals surface area contributed by atoms with Crippen molar-refractivity contribution in [2.24, 2.45) is 11.7 Å². The molecule has 86 valence electrons. The predicted molar refractivity (Wildman–Crippen MR) is 73.9 cm³/mol. The summed E-state index contributed by atoms with van der Waals surface area (Å²) in [5.74, 6) is 3.03. The van der Waals surface area contributed by atoms with Gasteiger partial charge in [0, 0.05) is 28.2 Å². The van der Waals surface area contributed by atoms with E-state index in [1.54, 1.807) is 0 Å². The third kappa shape index (κ3) is 1.77. The van der Waals surface area contributed by atoms with Crippen LogP contribution < -0.4 is 11.1 Å². The Morgan fingerprint density at radius 3 is 3.19 bits per heavy atom. The molecule has 3 unspecified atom stereocenters. The lowest BCUT2D eigenvalue weighted by Crippen LogP contribution is -2.44. The van der Waals surface area contributed by atoms with Crippen LogP contribution in [0, 0.1) is 5.92 Å². The normalized spacial score (nSPS) is 32.5. The Bertz CT molecular complexity index is 410. The summed E-state index contributed by atoms with van der Waals surface area (Å²) in [6, 6.07) is 7.14. The summed E-state index contributed by atoms with van der Waals surface area (Å²) in [6.45, 7) is 0. The molecular formula is C12H15BrN2S. The molecule has 2 nitrogen and oxygen atoms in total. The molecule has 3 atom stereocenters. The average Bonchev–Trinajstić information content (AvgIpc) is 2.29. The zero-order chi connectivity index (χ0) is 11.1. The first-order valence-electron chi connectivity index (χ1n) is 5.65. The van der Waals surface area contributed by atoms with Crippen LogP contribution in [-0.4, -0.2) is 17.5 Å². The van der Waals surface area contributed by atoms with E-state index in [-0.39, 0.29) is 6.04 Å². The molecule has 4 heteroatoms. The van der Waals surface area contributed by atoms with Crippen molar-refractivity contribution in [3.05, 3.63) is 28.2 Å². The first-order chi connectivity index (χ1) is 7.75. The van der Waals surface area contributed by atoms with Gasteiger partial charge in [0.2, 0.25) is 0 Å². The van der Waals surface area contributed by atoms with Crippen LogP contribution in [0.3, 0.4) is 0 Å². The molecule has 3 N–H and O–H groups in total. The second kappa shape index (κ2) is 4.24. The number of rotatable bonds is 0. The maximum absolute atomic E-state index is 6.38. The molecule has 1 aromatic rings. The van der Waals surface area contributed by atoms with E-state index in [0.29, 0.717) is 12.0 Å². The van der Waals surface area contributed by atoms with Crippen molar-refractivity contribution in [3.63, 3.8) is 0 Å². The minimum Gasteiger partial charge on any atom is -0.382 e. The Morgan fingerprint density at radius 2 is 2.31 bits per heavy atom. The zero-order valence-electron chi connectivity index (χ0n) is 8.95. The third-order valence-electron chi connectivity index (χ3n) is 3.58. The molecule has 0 aromatic heterocycles. The fourth-order valence-electron chi connectivity index (χ4n) is 2.67. The third-order valence-corrected chi connectivity index (χ3v) is 5.22. The van der Waals surface area contributed by atoms with Gasteiger partial charge < -0.3 is 11.1 Å². The Balaban J connectivity index is 1.99. The lowest BCUT2D eigenvalue weighted by atomic mass is 9.83. The molecule has 1 fully saturated rings. The Labute approximate surface area is 108 Å². The molecule has 16 heavy (non-hydrogen) atoms.